The molecule has 0 fully saturated rings. The molecular formula is C16H11N3O2. The Kier molecular flexibility index (Phi) is 3.05. The van der Waals surface area contributed by atoms with Crippen molar-refractivity contribution in [2.45, 2.75) is 0 Å². The van der Waals surface area contributed by atoms with E-state index in [-0.39, 0.29) is 17.1 Å². The van der Waals surface area contributed by atoms with Crippen molar-refractivity contribution in [2.24, 2.45) is 0 Å². The smallest absolute Gasteiger partial charge is 0.152 e. The molecule has 1 aromatic carbocycles. The molecule has 3 N–H and O–H groups in total. The molecule has 102 valence electrons. The van der Waals surface area contributed by atoms with Crippen molar-refractivity contribution in [1.29, 1.82) is 5.26 Å². The van der Waals surface area contributed by atoms with Crippen LogP contribution in [0, 0.1) is 11.3 Å². The number of phenols is 1. The lowest BCUT2D eigenvalue weighted by molar-refractivity contribution is 0.477. The number of anilines is 1. The number of benzene rings is 1. The number of rotatable bonds is 2. The maximum Gasteiger partial charge on any atom is 0.152 e. The molecule has 2 heterocycles. The molecule has 5 nitrogen and oxygen atoms in total. The van der Waals surface area contributed by atoms with E-state index in [1.807, 2.05) is 6.07 Å². The highest BCUT2D eigenvalue weighted by Crippen LogP contribution is 2.35. The van der Waals surface area contributed by atoms with Crippen molar-refractivity contribution in [3.8, 4) is 34.4 Å². The SMILES string of the molecule is N#Cc1c(-c2ccccc2O)cc(-c2ccco2)nc1N. The Labute approximate surface area is 120 Å². The molecule has 0 saturated carbocycles. The van der Waals surface area contributed by atoms with Crippen LogP contribution in [0.1, 0.15) is 5.56 Å². The van der Waals surface area contributed by atoms with Gasteiger partial charge in [0.25, 0.3) is 0 Å². The van der Waals surface area contributed by atoms with Gasteiger partial charge < -0.3 is 15.3 Å². The third kappa shape index (κ3) is 2.19. The molecule has 0 aliphatic carbocycles. The third-order valence-corrected chi connectivity index (χ3v) is 3.13. The molecule has 0 aliphatic rings. The minimum Gasteiger partial charge on any atom is -0.507 e. The summed E-state index contributed by atoms with van der Waals surface area (Å²) in [4.78, 5) is 4.18. The summed E-state index contributed by atoms with van der Waals surface area (Å²) in [5, 5.41) is 19.3. The van der Waals surface area contributed by atoms with Crippen molar-refractivity contribution >= 4 is 5.82 Å². The van der Waals surface area contributed by atoms with E-state index in [0.717, 1.165) is 0 Å². The number of para-hydroxylation sites is 1. The number of nitriles is 1. The van der Waals surface area contributed by atoms with E-state index in [1.54, 1.807) is 42.5 Å². The van der Waals surface area contributed by atoms with E-state index in [0.29, 0.717) is 22.6 Å². The quantitative estimate of drug-likeness (QED) is 0.750. The first kappa shape index (κ1) is 12.8. The summed E-state index contributed by atoms with van der Waals surface area (Å²) in [5.74, 6) is 0.720. The van der Waals surface area contributed by atoms with Gasteiger partial charge in [0, 0.05) is 11.1 Å². The highest BCUT2D eigenvalue weighted by molar-refractivity contribution is 5.82. The fourth-order valence-electron chi connectivity index (χ4n) is 2.15. The number of pyridine rings is 1. The van der Waals surface area contributed by atoms with Crippen molar-refractivity contribution in [3.05, 3.63) is 54.3 Å². The van der Waals surface area contributed by atoms with Gasteiger partial charge in [0.2, 0.25) is 0 Å². The van der Waals surface area contributed by atoms with Crippen LogP contribution in [0.5, 0.6) is 5.75 Å². The molecule has 5 heteroatoms. The number of aromatic hydroxyl groups is 1. The molecule has 0 aliphatic heterocycles. The van der Waals surface area contributed by atoms with E-state index in [9.17, 15) is 10.4 Å². The maximum atomic E-state index is 10.0. The standard InChI is InChI=1S/C16H11N3O2/c17-9-12-11(10-4-1-2-5-14(10)20)8-13(19-16(12)18)15-6-3-7-21-15/h1-8,20H,(H2,18,19). The van der Waals surface area contributed by atoms with E-state index in [2.05, 4.69) is 4.98 Å². The van der Waals surface area contributed by atoms with Crippen molar-refractivity contribution < 1.29 is 9.52 Å². The van der Waals surface area contributed by atoms with Crippen molar-refractivity contribution in [1.82, 2.24) is 4.98 Å². The van der Waals surface area contributed by atoms with Gasteiger partial charge >= 0.3 is 0 Å². The van der Waals surface area contributed by atoms with Gasteiger partial charge in [-0.2, -0.15) is 5.26 Å². The normalized spacial score (nSPS) is 10.2. The molecule has 2 aromatic heterocycles. The number of hydrogen-bond acceptors (Lipinski definition) is 5. The second-order valence-electron chi connectivity index (χ2n) is 4.42. The predicted octanol–water partition coefficient (Wildman–Crippen LogP) is 3.17. The number of phenolic OH excluding ortho intramolecular Hbond substituents is 1. The van der Waals surface area contributed by atoms with Gasteiger partial charge in [-0.25, -0.2) is 4.98 Å². The molecule has 0 amide bonds. The predicted molar refractivity (Wildman–Crippen MR) is 78.2 cm³/mol. The number of hydrogen-bond donors (Lipinski definition) is 2. The monoisotopic (exact) mass is 277 g/mol. The number of nitrogen functional groups attached to an aromatic ring is 1. The zero-order valence-corrected chi connectivity index (χ0v) is 10.9. The molecule has 0 atom stereocenters. The van der Waals surface area contributed by atoms with Gasteiger partial charge in [-0.3, -0.25) is 0 Å². The maximum absolute atomic E-state index is 10.0. The van der Waals surface area contributed by atoms with Gasteiger partial charge in [-0.05, 0) is 24.3 Å². The lowest BCUT2D eigenvalue weighted by Gasteiger charge is -2.10. The zero-order chi connectivity index (χ0) is 14.8. The largest absolute Gasteiger partial charge is 0.507 e. The molecule has 0 bridgehead atoms. The number of furan rings is 1. The van der Waals surface area contributed by atoms with E-state index in [1.165, 1.54) is 6.26 Å². The second kappa shape index (κ2) is 5.02. The summed E-state index contributed by atoms with van der Waals surface area (Å²) in [5.41, 5.74) is 7.65. The van der Waals surface area contributed by atoms with Crippen LogP contribution in [0.15, 0.2) is 53.1 Å². The van der Waals surface area contributed by atoms with E-state index in [4.69, 9.17) is 10.2 Å². The summed E-state index contributed by atoms with van der Waals surface area (Å²) < 4.78 is 5.31. The van der Waals surface area contributed by atoms with Crippen LogP contribution in [0.3, 0.4) is 0 Å². The van der Waals surface area contributed by atoms with Crippen molar-refractivity contribution in [3.63, 3.8) is 0 Å². The second-order valence-corrected chi connectivity index (χ2v) is 4.42. The van der Waals surface area contributed by atoms with Crippen LogP contribution < -0.4 is 5.73 Å². The van der Waals surface area contributed by atoms with Gasteiger partial charge in [0.15, 0.2) is 5.76 Å². The molecule has 3 aromatic rings. The Morgan fingerprint density at radius 1 is 1.14 bits per heavy atom. The van der Waals surface area contributed by atoms with Gasteiger partial charge in [-0.15, -0.1) is 0 Å². The zero-order valence-electron chi connectivity index (χ0n) is 10.9. The number of nitrogens with zero attached hydrogens (tertiary/aromatic N) is 2. The Hall–Kier alpha value is -3.26. The average molecular weight is 277 g/mol. The lowest BCUT2D eigenvalue weighted by atomic mass is 9.99. The van der Waals surface area contributed by atoms with Crippen LogP contribution in [-0.2, 0) is 0 Å². The topological polar surface area (TPSA) is 96.1 Å². The number of nitrogens with two attached hydrogens (primary N) is 1. The van der Waals surface area contributed by atoms with Crippen LogP contribution in [-0.4, -0.2) is 10.1 Å². The van der Waals surface area contributed by atoms with Crippen LogP contribution >= 0.6 is 0 Å². The highest BCUT2D eigenvalue weighted by Gasteiger charge is 2.16. The van der Waals surface area contributed by atoms with Gasteiger partial charge in [0.1, 0.15) is 28.9 Å². The minimum atomic E-state index is 0.0741. The fourth-order valence-corrected chi connectivity index (χ4v) is 2.15. The summed E-state index contributed by atoms with van der Waals surface area (Å²) in [6.45, 7) is 0. The van der Waals surface area contributed by atoms with Crippen LogP contribution in [0.4, 0.5) is 5.82 Å². The Morgan fingerprint density at radius 2 is 1.95 bits per heavy atom. The molecule has 21 heavy (non-hydrogen) atoms. The Morgan fingerprint density at radius 3 is 2.62 bits per heavy atom. The summed E-state index contributed by atoms with van der Waals surface area (Å²) in [6.07, 6.45) is 1.53. The van der Waals surface area contributed by atoms with Gasteiger partial charge in [-0.1, -0.05) is 18.2 Å². The van der Waals surface area contributed by atoms with Crippen LogP contribution in [0.25, 0.3) is 22.6 Å². The number of aromatic nitrogens is 1. The lowest BCUT2D eigenvalue weighted by Crippen LogP contribution is -1.99. The molecule has 0 unspecified atom stereocenters. The minimum absolute atomic E-state index is 0.0741. The molecule has 3 rings (SSSR count). The fraction of sp³-hybridized carbons (Fsp3) is 0. The summed E-state index contributed by atoms with van der Waals surface area (Å²) in [6, 6.07) is 14.0. The Balaban J connectivity index is 2.29. The van der Waals surface area contributed by atoms with E-state index < -0.39 is 0 Å². The molecule has 0 spiro atoms. The summed E-state index contributed by atoms with van der Waals surface area (Å²) >= 11 is 0. The molecule has 0 radical (unpaired) electrons. The van der Waals surface area contributed by atoms with Gasteiger partial charge in [0.05, 0.1) is 6.26 Å². The first-order valence-corrected chi connectivity index (χ1v) is 6.23. The van der Waals surface area contributed by atoms with E-state index >= 15 is 0 Å². The molecule has 0 saturated heterocycles. The first-order valence-electron chi connectivity index (χ1n) is 6.23. The van der Waals surface area contributed by atoms with Crippen molar-refractivity contribution in [2.75, 3.05) is 5.73 Å². The van der Waals surface area contributed by atoms with Crippen LogP contribution in [0.2, 0.25) is 0 Å². The molecular weight excluding hydrogens is 266 g/mol. The first-order chi connectivity index (χ1) is 10.2. The Bertz CT molecular complexity index is 833. The third-order valence-electron chi connectivity index (χ3n) is 3.13. The summed E-state index contributed by atoms with van der Waals surface area (Å²) in [7, 11) is 0. The highest BCUT2D eigenvalue weighted by atomic mass is 16.3. The average Bonchev–Trinajstić information content (AvgIpc) is 3.01.